The summed E-state index contributed by atoms with van der Waals surface area (Å²) < 4.78 is 0. The molecule has 0 aliphatic rings. The maximum absolute atomic E-state index is 9.06. The minimum Gasteiger partial charge on any atom is -0.409 e. The van der Waals surface area contributed by atoms with Crippen LogP contribution < -0.4 is 10.6 Å². The molecule has 0 radical (unpaired) electrons. The van der Waals surface area contributed by atoms with Crippen molar-refractivity contribution in [1.82, 2.24) is 0 Å². The van der Waals surface area contributed by atoms with Gasteiger partial charge in [0.1, 0.15) is 0 Å². The topological polar surface area (TPSA) is 82.1 Å². The van der Waals surface area contributed by atoms with Crippen molar-refractivity contribution < 1.29 is 10.3 Å². The highest BCUT2D eigenvalue weighted by Crippen LogP contribution is 2.28. The molecule has 0 saturated carbocycles. The van der Waals surface area contributed by atoms with Crippen LogP contribution in [0.1, 0.15) is 19.4 Å². The van der Waals surface area contributed by atoms with Crippen LogP contribution >= 0.6 is 11.6 Å². The monoisotopic (exact) mass is 271 g/mol. The van der Waals surface area contributed by atoms with Gasteiger partial charge in [-0.15, -0.1) is 0 Å². The van der Waals surface area contributed by atoms with Crippen molar-refractivity contribution >= 4 is 23.1 Å². The Labute approximate surface area is 111 Å². The van der Waals surface area contributed by atoms with Gasteiger partial charge in [-0.25, -0.2) is 0 Å². The highest BCUT2D eigenvalue weighted by atomic mass is 35.5. The van der Waals surface area contributed by atoms with Crippen molar-refractivity contribution in [2.45, 2.75) is 19.9 Å². The number of halogens is 1. The Bertz CT molecular complexity index is 435. The Morgan fingerprint density at radius 3 is 2.61 bits per heavy atom. The molecule has 5 nitrogen and oxygen atoms in total. The van der Waals surface area contributed by atoms with Crippen LogP contribution in [0.25, 0.3) is 0 Å². The van der Waals surface area contributed by atoms with E-state index in [0.717, 1.165) is 5.69 Å². The van der Waals surface area contributed by atoms with E-state index in [1.807, 2.05) is 18.7 Å². The fourth-order valence-electron chi connectivity index (χ4n) is 1.72. The van der Waals surface area contributed by atoms with E-state index in [-0.39, 0.29) is 18.5 Å². The quantitative estimate of drug-likeness (QED) is 0.329. The molecule has 18 heavy (non-hydrogen) atoms. The van der Waals surface area contributed by atoms with Gasteiger partial charge in [0.2, 0.25) is 0 Å². The lowest BCUT2D eigenvalue weighted by Gasteiger charge is -2.29. The van der Waals surface area contributed by atoms with Crippen LogP contribution in [0.15, 0.2) is 23.4 Å². The summed E-state index contributed by atoms with van der Waals surface area (Å²) >= 11 is 6.19. The molecule has 0 saturated heterocycles. The number of rotatable bonds is 5. The number of nitrogens with zero attached hydrogens (tertiary/aromatic N) is 2. The molecule has 0 bridgehead atoms. The van der Waals surface area contributed by atoms with Crippen LogP contribution in [0.5, 0.6) is 0 Å². The van der Waals surface area contributed by atoms with E-state index in [1.165, 1.54) is 0 Å². The lowest BCUT2D eigenvalue weighted by atomic mass is 10.1. The van der Waals surface area contributed by atoms with Crippen LogP contribution in [0.2, 0.25) is 5.02 Å². The highest BCUT2D eigenvalue weighted by Gasteiger charge is 2.14. The van der Waals surface area contributed by atoms with E-state index in [4.69, 9.17) is 27.6 Å². The Hall–Kier alpha value is -1.46. The van der Waals surface area contributed by atoms with Gasteiger partial charge in [-0.1, -0.05) is 16.8 Å². The summed E-state index contributed by atoms with van der Waals surface area (Å²) in [5.74, 6) is 0.0155. The number of hydrogen-bond acceptors (Lipinski definition) is 4. The van der Waals surface area contributed by atoms with Crippen LogP contribution in [0, 0.1) is 0 Å². The second kappa shape index (κ2) is 6.47. The van der Waals surface area contributed by atoms with E-state index in [2.05, 4.69) is 5.16 Å². The first-order valence-electron chi connectivity index (χ1n) is 5.66. The maximum Gasteiger partial charge on any atom is 0.170 e. The largest absolute Gasteiger partial charge is 0.409 e. The standard InChI is InChI=1S/C12H18ClN3O2/c1-8(2)16(5-6-17)11-4-3-9(7-10(11)13)12(14)15-18/h3-4,7-8,17-18H,5-6H2,1-2H3,(H2,14,15). The number of hydrogen-bond donors (Lipinski definition) is 3. The first kappa shape index (κ1) is 14.6. The van der Waals surface area contributed by atoms with E-state index in [0.29, 0.717) is 17.1 Å². The minimum absolute atomic E-state index is 0.0155. The van der Waals surface area contributed by atoms with Crippen molar-refractivity contribution in [1.29, 1.82) is 0 Å². The van der Waals surface area contributed by atoms with E-state index >= 15 is 0 Å². The number of aliphatic hydroxyl groups excluding tert-OH is 1. The summed E-state index contributed by atoms with van der Waals surface area (Å²) in [5, 5.41) is 21.1. The number of aliphatic hydroxyl groups is 1. The zero-order valence-electron chi connectivity index (χ0n) is 10.5. The average molecular weight is 272 g/mol. The number of oxime groups is 1. The predicted molar refractivity (Wildman–Crippen MR) is 73.5 cm³/mol. The molecule has 100 valence electrons. The first-order valence-corrected chi connectivity index (χ1v) is 6.04. The Balaban J connectivity index is 3.10. The third-order valence-corrected chi connectivity index (χ3v) is 2.93. The number of amidine groups is 1. The van der Waals surface area contributed by atoms with Gasteiger partial charge < -0.3 is 20.9 Å². The summed E-state index contributed by atoms with van der Waals surface area (Å²) in [6.45, 7) is 4.59. The number of anilines is 1. The van der Waals surface area contributed by atoms with Crippen LogP contribution in [0.3, 0.4) is 0 Å². The van der Waals surface area contributed by atoms with Crippen molar-refractivity contribution in [2.24, 2.45) is 10.9 Å². The van der Waals surface area contributed by atoms with Crippen LogP contribution in [-0.2, 0) is 0 Å². The maximum atomic E-state index is 9.06. The molecular weight excluding hydrogens is 254 g/mol. The summed E-state index contributed by atoms with van der Waals surface area (Å²) in [6, 6.07) is 5.37. The van der Waals surface area contributed by atoms with Crippen molar-refractivity contribution in [3.8, 4) is 0 Å². The second-order valence-corrected chi connectivity index (χ2v) is 4.57. The molecule has 1 aromatic rings. The molecule has 1 rings (SSSR count). The fourth-order valence-corrected chi connectivity index (χ4v) is 2.01. The second-order valence-electron chi connectivity index (χ2n) is 4.16. The van der Waals surface area contributed by atoms with Gasteiger partial charge in [-0.05, 0) is 32.0 Å². The molecule has 0 aliphatic heterocycles. The van der Waals surface area contributed by atoms with E-state index in [1.54, 1.807) is 18.2 Å². The van der Waals surface area contributed by atoms with Crippen LogP contribution in [0.4, 0.5) is 5.69 Å². The summed E-state index contributed by atoms with van der Waals surface area (Å²) in [4.78, 5) is 1.98. The fraction of sp³-hybridized carbons (Fsp3) is 0.417. The minimum atomic E-state index is 0.0155. The van der Waals surface area contributed by atoms with Gasteiger partial charge in [0.15, 0.2) is 5.84 Å². The molecule has 0 fully saturated rings. The highest BCUT2D eigenvalue weighted by molar-refractivity contribution is 6.33. The van der Waals surface area contributed by atoms with Gasteiger partial charge >= 0.3 is 0 Å². The number of benzene rings is 1. The third kappa shape index (κ3) is 3.27. The Morgan fingerprint density at radius 1 is 1.50 bits per heavy atom. The third-order valence-electron chi connectivity index (χ3n) is 2.62. The average Bonchev–Trinajstić information content (AvgIpc) is 2.35. The van der Waals surface area contributed by atoms with Gasteiger partial charge in [-0.3, -0.25) is 0 Å². The SMILES string of the molecule is CC(C)N(CCO)c1ccc(C(N)=NO)cc1Cl. The van der Waals surface area contributed by atoms with Gasteiger partial charge in [0.25, 0.3) is 0 Å². The van der Waals surface area contributed by atoms with Gasteiger partial charge in [0, 0.05) is 18.2 Å². The van der Waals surface area contributed by atoms with Gasteiger partial charge in [0.05, 0.1) is 17.3 Å². The lowest BCUT2D eigenvalue weighted by molar-refractivity contribution is 0.299. The van der Waals surface area contributed by atoms with Gasteiger partial charge in [-0.2, -0.15) is 0 Å². The molecule has 0 amide bonds. The zero-order valence-corrected chi connectivity index (χ0v) is 11.2. The van der Waals surface area contributed by atoms with Crippen molar-refractivity contribution in [2.75, 3.05) is 18.1 Å². The van der Waals surface area contributed by atoms with Crippen molar-refractivity contribution in [3.05, 3.63) is 28.8 Å². The molecule has 0 unspecified atom stereocenters. The van der Waals surface area contributed by atoms with E-state index < -0.39 is 0 Å². The van der Waals surface area contributed by atoms with Crippen LogP contribution in [-0.4, -0.2) is 35.3 Å². The molecule has 0 heterocycles. The van der Waals surface area contributed by atoms with E-state index in [9.17, 15) is 0 Å². The molecule has 0 spiro atoms. The molecule has 1 aromatic carbocycles. The summed E-state index contributed by atoms with van der Waals surface area (Å²) in [5.41, 5.74) is 6.87. The molecule has 0 aliphatic carbocycles. The molecular formula is C12H18ClN3O2. The zero-order chi connectivity index (χ0) is 13.7. The normalized spacial score (nSPS) is 11.9. The summed E-state index contributed by atoms with van der Waals surface area (Å²) in [6.07, 6.45) is 0. The molecule has 6 heteroatoms. The number of nitrogens with two attached hydrogens (primary N) is 1. The van der Waals surface area contributed by atoms with Crippen molar-refractivity contribution in [3.63, 3.8) is 0 Å². The molecule has 4 N–H and O–H groups in total. The molecule has 0 atom stereocenters. The Morgan fingerprint density at radius 2 is 2.17 bits per heavy atom. The first-order chi connectivity index (χ1) is 8.51. The Kier molecular flexibility index (Phi) is 5.25. The lowest BCUT2D eigenvalue weighted by Crippen LogP contribution is -2.33. The smallest absolute Gasteiger partial charge is 0.170 e. The summed E-state index contributed by atoms with van der Waals surface area (Å²) in [7, 11) is 0. The molecule has 0 aromatic heterocycles. The predicted octanol–water partition coefficient (Wildman–Crippen LogP) is 1.64.